The van der Waals surface area contributed by atoms with Gasteiger partial charge in [-0.3, -0.25) is 9.69 Å². The molecule has 0 radical (unpaired) electrons. The molecular weight excluding hydrogens is 258 g/mol. The summed E-state index contributed by atoms with van der Waals surface area (Å²) in [5, 5.41) is 9.20. The van der Waals surface area contributed by atoms with Gasteiger partial charge in [-0.15, -0.1) is 11.3 Å². The zero-order valence-corrected chi connectivity index (χ0v) is 11.5. The number of aliphatic carboxylic acids is 1. The summed E-state index contributed by atoms with van der Waals surface area (Å²) >= 11 is 7.49. The van der Waals surface area contributed by atoms with Crippen molar-refractivity contribution in [3.63, 3.8) is 0 Å². The number of hydrogen-bond acceptors (Lipinski definition) is 3. The molecule has 5 heteroatoms. The third-order valence-electron chi connectivity index (χ3n) is 3.57. The van der Waals surface area contributed by atoms with Crippen LogP contribution in [0.1, 0.15) is 31.2 Å². The van der Waals surface area contributed by atoms with Crippen LogP contribution in [0.4, 0.5) is 0 Å². The third kappa shape index (κ3) is 2.49. The Morgan fingerprint density at radius 2 is 2.35 bits per heavy atom. The van der Waals surface area contributed by atoms with Crippen LogP contribution in [0.5, 0.6) is 0 Å². The molecule has 0 bridgehead atoms. The van der Waals surface area contributed by atoms with E-state index in [-0.39, 0.29) is 6.04 Å². The Kier molecular flexibility index (Phi) is 3.48. The second-order valence-electron chi connectivity index (χ2n) is 4.90. The molecule has 0 spiro atoms. The molecule has 0 aromatic carbocycles. The highest BCUT2D eigenvalue weighted by Crippen LogP contribution is 2.37. The molecule has 0 aliphatic carbocycles. The average Bonchev–Trinajstić information content (AvgIpc) is 2.85. The lowest BCUT2D eigenvalue weighted by Gasteiger charge is -2.25. The Balaban J connectivity index is 2.08. The minimum Gasteiger partial charge on any atom is -0.481 e. The van der Waals surface area contributed by atoms with Crippen LogP contribution in [0.2, 0.25) is 4.34 Å². The minimum absolute atomic E-state index is 0.244. The fourth-order valence-corrected chi connectivity index (χ4v) is 3.38. The molecule has 2 atom stereocenters. The number of rotatable bonds is 3. The molecule has 2 rings (SSSR count). The van der Waals surface area contributed by atoms with E-state index in [9.17, 15) is 9.90 Å². The van der Waals surface area contributed by atoms with Gasteiger partial charge in [0.05, 0.1) is 9.75 Å². The number of likely N-dealkylation sites (tertiary alicyclic amines) is 1. The largest absolute Gasteiger partial charge is 0.481 e. The zero-order valence-electron chi connectivity index (χ0n) is 9.94. The van der Waals surface area contributed by atoms with Gasteiger partial charge in [-0.05, 0) is 38.9 Å². The van der Waals surface area contributed by atoms with Crippen LogP contribution in [-0.4, -0.2) is 29.1 Å². The number of carbonyl (C=O) groups is 1. The maximum absolute atomic E-state index is 11.2. The van der Waals surface area contributed by atoms with E-state index < -0.39 is 11.4 Å². The highest BCUT2D eigenvalue weighted by Gasteiger charge is 2.42. The lowest BCUT2D eigenvalue weighted by atomic mass is 9.90. The van der Waals surface area contributed by atoms with Gasteiger partial charge in [0.15, 0.2) is 0 Å². The molecule has 2 unspecified atom stereocenters. The molecule has 94 valence electrons. The van der Waals surface area contributed by atoms with Gasteiger partial charge in [0, 0.05) is 17.5 Å². The van der Waals surface area contributed by atoms with Crippen LogP contribution >= 0.6 is 22.9 Å². The predicted molar refractivity (Wildman–Crippen MR) is 69.7 cm³/mol. The molecule has 1 aliphatic heterocycles. The Hall–Kier alpha value is -0.580. The van der Waals surface area contributed by atoms with E-state index in [1.165, 1.54) is 4.88 Å². The molecule has 0 saturated carbocycles. The summed E-state index contributed by atoms with van der Waals surface area (Å²) in [6.45, 7) is 5.37. The predicted octanol–water partition coefficient (Wildman–Crippen LogP) is 3.26. The molecule has 1 aliphatic rings. The van der Waals surface area contributed by atoms with Gasteiger partial charge in [-0.25, -0.2) is 0 Å². The van der Waals surface area contributed by atoms with Crippen LogP contribution in [-0.2, 0) is 4.79 Å². The first-order valence-electron chi connectivity index (χ1n) is 5.65. The molecule has 1 fully saturated rings. The van der Waals surface area contributed by atoms with Gasteiger partial charge in [0.25, 0.3) is 0 Å². The first-order valence-corrected chi connectivity index (χ1v) is 6.84. The highest BCUT2D eigenvalue weighted by atomic mass is 35.5. The van der Waals surface area contributed by atoms with Crippen molar-refractivity contribution in [1.82, 2.24) is 4.90 Å². The first-order chi connectivity index (χ1) is 7.92. The van der Waals surface area contributed by atoms with Gasteiger partial charge in [0.1, 0.15) is 0 Å². The smallest absolute Gasteiger partial charge is 0.310 e. The number of nitrogens with zero attached hydrogens (tertiary/aromatic N) is 1. The molecule has 2 heterocycles. The molecule has 17 heavy (non-hydrogen) atoms. The molecule has 1 aromatic heterocycles. The van der Waals surface area contributed by atoms with E-state index in [1.807, 2.05) is 19.1 Å². The van der Waals surface area contributed by atoms with Crippen LogP contribution in [0, 0.1) is 5.41 Å². The van der Waals surface area contributed by atoms with Gasteiger partial charge >= 0.3 is 5.97 Å². The Bertz CT molecular complexity index is 434. The number of carboxylic acids is 1. The normalized spacial score (nSPS) is 27.2. The van der Waals surface area contributed by atoms with E-state index in [4.69, 9.17) is 11.6 Å². The molecule has 1 saturated heterocycles. The van der Waals surface area contributed by atoms with Gasteiger partial charge in [0.2, 0.25) is 0 Å². The van der Waals surface area contributed by atoms with Crippen molar-refractivity contribution in [2.75, 3.05) is 13.1 Å². The number of halogens is 1. The van der Waals surface area contributed by atoms with Crippen LogP contribution in [0.15, 0.2) is 12.1 Å². The molecule has 0 amide bonds. The van der Waals surface area contributed by atoms with E-state index in [0.717, 1.165) is 10.9 Å². The summed E-state index contributed by atoms with van der Waals surface area (Å²) < 4.78 is 0.784. The lowest BCUT2D eigenvalue weighted by Crippen LogP contribution is -2.32. The summed E-state index contributed by atoms with van der Waals surface area (Å²) in [6.07, 6.45) is 0.714. The van der Waals surface area contributed by atoms with Crippen molar-refractivity contribution in [1.29, 1.82) is 0 Å². The van der Waals surface area contributed by atoms with Gasteiger partial charge < -0.3 is 5.11 Å². The second-order valence-corrected chi connectivity index (χ2v) is 6.65. The topological polar surface area (TPSA) is 40.5 Å². The van der Waals surface area contributed by atoms with Gasteiger partial charge in [-0.1, -0.05) is 11.6 Å². The summed E-state index contributed by atoms with van der Waals surface area (Å²) in [5.41, 5.74) is -0.602. The summed E-state index contributed by atoms with van der Waals surface area (Å²) in [6, 6.07) is 4.16. The Morgan fingerprint density at radius 1 is 1.65 bits per heavy atom. The highest BCUT2D eigenvalue weighted by molar-refractivity contribution is 7.16. The van der Waals surface area contributed by atoms with Gasteiger partial charge in [-0.2, -0.15) is 0 Å². The van der Waals surface area contributed by atoms with Crippen LogP contribution in [0.25, 0.3) is 0 Å². The van der Waals surface area contributed by atoms with Crippen molar-refractivity contribution in [2.24, 2.45) is 5.41 Å². The maximum Gasteiger partial charge on any atom is 0.310 e. The van der Waals surface area contributed by atoms with Crippen molar-refractivity contribution in [3.05, 3.63) is 21.3 Å². The van der Waals surface area contributed by atoms with E-state index in [2.05, 4.69) is 11.8 Å². The summed E-state index contributed by atoms with van der Waals surface area (Å²) in [5.74, 6) is -0.698. The summed E-state index contributed by atoms with van der Waals surface area (Å²) in [4.78, 5) is 14.6. The third-order valence-corrected chi connectivity index (χ3v) is 4.97. The molecular formula is C12H16ClNO2S. The zero-order chi connectivity index (χ0) is 12.6. The SMILES string of the molecule is CC(c1ccc(Cl)s1)N1CCC(C)(C(=O)O)C1. The first kappa shape index (κ1) is 12.9. The van der Waals surface area contributed by atoms with Crippen LogP contribution < -0.4 is 0 Å². The molecule has 3 nitrogen and oxygen atoms in total. The van der Waals surface area contributed by atoms with Crippen molar-refractivity contribution >= 4 is 28.9 Å². The number of hydrogen-bond donors (Lipinski definition) is 1. The lowest BCUT2D eigenvalue weighted by molar-refractivity contribution is -0.147. The number of thiophene rings is 1. The Morgan fingerprint density at radius 3 is 2.82 bits per heavy atom. The van der Waals surface area contributed by atoms with E-state index in [1.54, 1.807) is 11.3 Å². The van der Waals surface area contributed by atoms with E-state index >= 15 is 0 Å². The average molecular weight is 274 g/mol. The fraction of sp³-hybridized carbons (Fsp3) is 0.583. The van der Waals surface area contributed by atoms with E-state index in [0.29, 0.717) is 13.0 Å². The fourth-order valence-electron chi connectivity index (χ4n) is 2.23. The maximum atomic E-state index is 11.2. The summed E-state index contributed by atoms with van der Waals surface area (Å²) in [7, 11) is 0. The molecule has 1 aromatic rings. The monoisotopic (exact) mass is 273 g/mol. The number of carboxylic acid groups (broad SMARTS) is 1. The quantitative estimate of drug-likeness (QED) is 0.919. The van der Waals surface area contributed by atoms with Crippen molar-refractivity contribution < 1.29 is 9.90 Å². The Labute approximate surface area is 110 Å². The van der Waals surface area contributed by atoms with Crippen molar-refractivity contribution in [3.8, 4) is 0 Å². The molecule has 1 N–H and O–H groups in total. The minimum atomic E-state index is -0.698. The standard InChI is InChI=1S/C12H16ClNO2S/c1-8(9-3-4-10(13)17-9)14-6-5-12(2,7-14)11(15)16/h3-4,8H,5-7H2,1-2H3,(H,15,16). The van der Waals surface area contributed by atoms with Crippen molar-refractivity contribution in [2.45, 2.75) is 26.3 Å². The van der Waals surface area contributed by atoms with Crippen LogP contribution in [0.3, 0.4) is 0 Å². The second kappa shape index (κ2) is 4.59.